The van der Waals surface area contributed by atoms with Gasteiger partial charge in [0.05, 0.1) is 18.3 Å². The molecule has 1 aromatic carbocycles. The first-order valence-electron chi connectivity index (χ1n) is 7.92. The van der Waals surface area contributed by atoms with Crippen LogP contribution in [0.3, 0.4) is 0 Å². The lowest BCUT2D eigenvalue weighted by molar-refractivity contribution is -0.126. The minimum absolute atomic E-state index is 0.138. The highest BCUT2D eigenvalue weighted by molar-refractivity contribution is 5.98. The Kier molecular flexibility index (Phi) is 6.83. The fourth-order valence-electron chi connectivity index (χ4n) is 2.51. The van der Waals surface area contributed by atoms with Gasteiger partial charge < -0.3 is 25.4 Å². The van der Waals surface area contributed by atoms with Crippen LogP contribution in [0.2, 0.25) is 0 Å². The van der Waals surface area contributed by atoms with Gasteiger partial charge in [0.2, 0.25) is 5.91 Å². The van der Waals surface area contributed by atoms with Crippen LogP contribution in [0.5, 0.6) is 5.75 Å². The number of morpholine rings is 1. The monoisotopic (exact) mass is 371 g/mol. The van der Waals surface area contributed by atoms with Gasteiger partial charge in [-0.1, -0.05) is 0 Å². The summed E-state index contributed by atoms with van der Waals surface area (Å²) >= 11 is 0. The number of hydrogen-bond acceptors (Lipinski definition) is 5. The van der Waals surface area contributed by atoms with Crippen molar-refractivity contribution in [3.63, 3.8) is 0 Å². The summed E-state index contributed by atoms with van der Waals surface area (Å²) in [5, 5.41) is 2.58. The van der Waals surface area contributed by atoms with Crippen molar-refractivity contribution in [2.75, 3.05) is 50.6 Å². The van der Waals surface area contributed by atoms with Gasteiger partial charge in [-0.15, -0.1) is 6.54 Å². The van der Waals surface area contributed by atoms with E-state index in [0.717, 1.165) is 0 Å². The molecular weight excluding hydrogens is 350 g/mol. The number of carbonyl (C=O) groups excluding carboxylic acids is 2. The molecule has 0 aliphatic carbocycles. The molecule has 1 aliphatic rings. The number of rotatable bonds is 7. The quantitative estimate of drug-likeness (QED) is 0.785. The smallest absolute Gasteiger partial charge is 0.387 e. The zero-order valence-electron chi connectivity index (χ0n) is 14.5. The van der Waals surface area contributed by atoms with Crippen LogP contribution in [0.4, 0.5) is 20.2 Å². The SMILES string of the molecule is CN(C)[C@@H](C[NH-])C(=O)Nc1ccc(N2CCOCC2=O)c(OC(F)F)c1. The zero-order valence-corrected chi connectivity index (χ0v) is 14.5. The Labute approximate surface area is 149 Å². The Morgan fingerprint density at radius 3 is 2.77 bits per heavy atom. The van der Waals surface area contributed by atoms with Crippen LogP contribution >= 0.6 is 0 Å². The fraction of sp³-hybridized carbons (Fsp3) is 0.500. The summed E-state index contributed by atoms with van der Waals surface area (Å²) in [5.74, 6) is -1.03. The third kappa shape index (κ3) is 4.87. The molecule has 1 saturated heterocycles. The molecule has 144 valence electrons. The molecule has 2 rings (SSSR count). The molecule has 0 bridgehead atoms. The Bertz CT molecular complexity index is 657. The van der Waals surface area contributed by atoms with E-state index in [2.05, 4.69) is 10.1 Å². The molecule has 8 nitrogen and oxygen atoms in total. The molecule has 0 saturated carbocycles. The fourth-order valence-corrected chi connectivity index (χ4v) is 2.51. The first kappa shape index (κ1) is 20.0. The van der Waals surface area contributed by atoms with Crippen LogP contribution < -0.4 is 15.0 Å². The van der Waals surface area contributed by atoms with Crippen LogP contribution in [0.15, 0.2) is 18.2 Å². The first-order chi connectivity index (χ1) is 12.3. The number of alkyl halides is 2. The molecule has 1 heterocycles. The summed E-state index contributed by atoms with van der Waals surface area (Å²) in [6.07, 6.45) is 0. The van der Waals surface area contributed by atoms with Gasteiger partial charge >= 0.3 is 6.61 Å². The summed E-state index contributed by atoms with van der Waals surface area (Å²) < 4.78 is 35.1. The number of nitrogens with zero attached hydrogens (tertiary/aromatic N) is 2. The lowest BCUT2D eigenvalue weighted by atomic mass is 10.2. The summed E-state index contributed by atoms with van der Waals surface area (Å²) in [5.41, 5.74) is 7.84. The molecule has 0 spiro atoms. The molecule has 0 radical (unpaired) electrons. The van der Waals surface area contributed by atoms with Crippen molar-refractivity contribution in [1.82, 2.24) is 4.90 Å². The van der Waals surface area contributed by atoms with Crippen molar-refractivity contribution in [2.45, 2.75) is 12.7 Å². The van der Waals surface area contributed by atoms with Gasteiger partial charge in [-0.25, -0.2) is 0 Å². The van der Waals surface area contributed by atoms with Gasteiger partial charge in [0.1, 0.15) is 6.61 Å². The second-order valence-electron chi connectivity index (χ2n) is 5.83. The van der Waals surface area contributed by atoms with E-state index in [4.69, 9.17) is 10.5 Å². The minimum atomic E-state index is -3.08. The number of benzene rings is 1. The summed E-state index contributed by atoms with van der Waals surface area (Å²) in [6, 6.07) is 3.47. The molecule has 2 amide bonds. The maximum atomic E-state index is 12.8. The van der Waals surface area contributed by atoms with E-state index < -0.39 is 18.6 Å². The average Bonchev–Trinajstić information content (AvgIpc) is 2.55. The van der Waals surface area contributed by atoms with Gasteiger partial charge in [-0.3, -0.25) is 14.5 Å². The van der Waals surface area contributed by atoms with Crippen molar-refractivity contribution in [1.29, 1.82) is 0 Å². The van der Waals surface area contributed by atoms with Gasteiger partial charge in [0.25, 0.3) is 5.91 Å². The van der Waals surface area contributed by atoms with Crippen LogP contribution in [-0.4, -0.2) is 69.8 Å². The second kappa shape index (κ2) is 8.88. The summed E-state index contributed by atoms with van der Waals surface area (Å²) in [7, 11) is 3.33. The van der Waals surface area contributed by atoms with E-state index in [0.29, 0.717) is 0 Å². The topological polar surface area (TPSA) is 94.9 Å². The Morgan fingerprint density at radius 2 is 2.19 bits per heavy atom. The molecule has 2 N–H and O–H groups in total. The van der Waals surface area contributed by atoms with Gasteiger partial charge in [0.15, 0.2) is 5.75 Å². The maximum Gasteiger partial charge on any atom is 0.387 e. The number of anilines is 2. The Morgan fingerprint density at radius 1 is 1.46 bits per heavy atom. The zero-order chi connectivity index (χ0) is 19.3. The second-order valence-corrected chi connectivity index (χ2v) is 5.83. The Hall–Kier alpha value is -2.30. The molecule has 1 atom stereocenters. The van der Waals surface area contributed by atoms with Crippen molar-refractivity contribution in [3.05, 3.63) is 23.9 Å². The van der Waals surface area contributed by atoms with Crippen LogP contribution in [0.25, 0.3) is 5.73 Å². The van der Waals surface area contributed by atoms with Crippen molar-refractivity contribution in [3.8, 4) is 5.75 Å². The molecule has 1 aromatic rings. The van der Waals surface area contributed by atoms with Crippen molar-refractivity contribution in [2.24, 2.45) is 0 Å². The van der Waals surface area contributed by atoms with Crippen molar-refractivity contribution >= 4 is 23.2 Å². The summed E-state index contributed by atoms with van der Waals surface area (Å²) in [4.78, 5) is 27.1. The van der Waals surface area contributed by atoms with E-state index in [9.17, 15) is 18.4 Å². The number of halogens is 2. The number of amides is 2. The molecule has 26 heavy (non-hydrogen) atoms. The predicted octanol–water partition coefficient (Wildman–Crippen LogP) is 1.57. The first-order valence-corrected chi connectivity index (χ1v) is 7.92. The largest absolute Gasteiger partial charge is 0.676 e. The van der Waals surface area contributed by atoms with Crippen LogP contribution in [-0.2, 0) is 14.3 Å². The number of ether oxygens (including phenoxy) is 2. The van der Waals surface area contributed by atoms with Gasteiger partial charge in [-0.05, 0) is 26.2 Å². The molecule has 1 aliphatic heterocycles. The minimum Gasteiger partial charge on any atom is -0.676 e. The number of carbonyl (C=O) groups is 2. The molecule has 0 aromatic heterocycles. The number of hydrogen-bond donors (Lipinski definition) is 1. The van der Waals surface area contributed by atoms with Gasteiger partial charge in [0, 0.05) is 18.3 Å². The third-order valence-electron chi connectivity index (χ3n) is 3.84. The van der Waals surface area contributed by atoms with E-state index in [1.165, 1.54) is 23.1 Å². The van der Waals surface area contributed by atoms with E-state index in [1.54, 1.807) is 19.0 Å². The standard InChI is InChI=1S/C16H21F2N4O4/c1-21(2)12(8-19)15(24)20-10-3-4-11(13(7-10)26-16(17)18)22-5-6-25-9-14(22)23/h3-4,7,12,16,19H,5-6,8-9H2,1-2H3,(H,20,24)/q-1/t12-/m0/s1. The lowest BCUT2D eigenvalue weighted by Crippen LogP contribution is -2.42. The average molecular weight is 371 g/mol. The highest BCUT2D eigenvalue weighted by Gasteiger charge is 2.25. The molecule has 0 unspecified atom stereocenters. The molecule has 1 fully saturated rings. The third-order valence-corrected chi connectivity index (χ3v) is 3.84. The Balaban J connectivity index is 2.27. The van der Waals surface area contributed by atoms with E-state index in [-0.39, 0.29) is 49.3 Å². The van der Waals surface area contributed by atoms with Gasteiger partial charge in [-0.2, -0.15) is 8.78 Å². The van der Waals surface area contributed by atoms with Crippen LogP contribution in [0.1, 0.15) is 0 Å². The van der Waals surface area contributed by atoms with Crippen molar-refractivity contribution < 1.29 is 27.8 Å². The lowest BCUT2D eigenvalue weighted by Gasteiger charge is -2.29. The maximum absolute atomic E-state index is 12.8. The molecular formula is C16H21F2N4O4-. The number of nitrogens with one attached hydrogen (secondary N) is 2. The van der Waals surface area contributed by atoms with E-state index >= 15 is 0 Å². The molecule has 10 heteroatoms. The number of likely N-dealkylation sites (N-methyl/N-ethyl adjacent to an activating group) is 1. The summed E-state index contributed by atoms with van der Waals surface area (Å²) in [6.45, 7) is -2.88. The van der Waals surface area contributed by atoms with Crippen LogP contribution in [0, 0.1) is 0 Å². The van der Waals surface area contributed by atoms with E-state index in [1.807, 2.05) is 0 Å². The normalized spacial score (nSPS) is 16.1. The highest BCUT2D eigenvalue weighted by atomic mass is 19.3. The highest BCUT2D eigenvalue weighted by Crippen LogP contribution is 2.33. The predicted molar refractivity (Wildman–Crippen MR) is 91.5 cm³/mol.